The Bertz CT molecular complexity index is 839. The zero-order valence-electron chi connectivity index (χ0n) is 13.2. The van der Waals surface area contributed by atoms with E-state index < -0.39 is 0 Å². The lowest BCUT2D eigenvalue weighted by molar-refractivity contribution is 0.102. The van der Waals surface area contributed by atoms with E-state index in [-0.39, 0.29) is 5.91 Å². The van der Waals surface area contributed by atoms with E-state index in [1.807, 2.05) is 62.5 Å². The number of nitrogens with one attached hydrogen (secondary N) is 1. The Hall–Kier alpha value is -2.82. The minimum atomic E-state index is -0.200. The molecule has 0 bridgehead atoms. The summed E-state index contributed by atoms with van der Waals surface area (Å²) < 4.78 is 7.48. The van der Waals surface area contributed by atoms with Crippen molar-refractivity contribution in [3.8, 4) is 5.75 Å². The third kappa shape index (κ3) is 3.04. The van der Waals surface area contributed by atoms with Gasteiger partial charge in [-0.2, -0.15) is 0 Å². The molecule has 1 N–H and O–H groups in total. The van der Waals surface area contributed by atoms with Crippen LogP contribution in [0.2, 0.25) is 0 Å². The molecule has 2 heterocycles. The molecule has 0 fully saturated rings. The Labute approximate surface area is 134 Å². The molecule has 0 aliphatic carbocycles. The van der Waals surface area contributed by atoms with Crippen LogP contribution in [0, 0.1) is 6.92 Å². The van der Waals surface area contributed by atoms with Crippen LogP contribution in [0.1, 0.15) is 29.5 Å². The van der Waals surface area contributed by atoms with Gasteiger partial charge in [0.1, 0.15) is 17.1 Å². The van der Waals surface area contributed by atoms with Crippen LogP contribution >= 0.6 is 0 Å². The summed E-state index contributed by atoms with van der Waals surface area (Å²) in [5.74, 6) is 0.475. The van der Waals surface area contributed by atoms with Crippen molar-refractivity contribution < 1.29 is 9.53 Å². The number of imidazole rings is 1. The molecule has 2 aromatic heterocycles. The summed E-state index contributed by atoms with van der Waals surface area (Å²) in [6.45, 7) is 4.49. The summed E-state index contributed by atoms with van der Waals surface area (Å²) in [7, 11) is 0. The predicted octanol–water partition coefficient (Wildman–Crippen LogP) is 3.68. The first-order valence-corrected chi connectivity index (χ1v) is 7.67. The number of anilines is 1. The minimum Gasteiger partial charge on any atom is -0.491 e. The van der Waals surface area contributed by atoms with E-state index in [2.05, 4.69) is 10.3 Å². The van der Waals surface area contributed by atoms with Crippen molar-refractivity contribution in [3.05, 3.63) is 60.0 Å². The van der Waals surface area contributed by atoms with Gasteiger partial charge in [-0.3, -0.25) is 9.20 Å². The number of hydrogen-bond donors (Lipinski definition) is 1. The lowest BCUT2D eigenvalue weighted by Crippen LogP contribution is -2.16. The van der Waals surface area contributed by atoms with Crippen molar-refractivity contribution in [1.29, 1.82) is 0 Å². The zero-order chi connectivity index (χ0) is 16.2. The summed E-state index contributed by atoms with van der Waals surface area (Å²) in [5.41, 5.74) is 2.65. The quantitative estimate of drug-likeness (QED) is 0.782. The normalized spacial score (nSPS) is 10.7. The third-order valence-corrected chi connectivity index (χ3v) is 3.52. The van der Waals surface area contributed by atoms with Gasteiger partial charge in [-0.05, 0) is 37.6 Å². The standard InChI is InChI=1S/C18H19N3O2/c1-3-12-23-15-9-5-4-8-14(15)20-18(22)17-13(2)19-16-10-6-7-11-21(16)17/h4-11H,3,12H2,1-2H3,(H,20,22). The van der Waals surface area contributed by atoms with E-state index in [4.69, 9.17) is 4.74 Å². The van der Waals surface area contributed by atoms with Crippen LogP contribution in [0.25, 0.3) is 5.65 Å². The van der Waals surface area contributed by atoms with Crippen LogP contribution in [0.4, 0.5) is 5.69 Å². The molecular formula is C18H19N3O2. The third-order valence-electron chi connectivity index (χ3n) is 3.52. The van der Waals surface area contributed by atoms with E-state index >= 15 is 0 Å². The Morgan fingerprint density at radius 1 is 1.22 bits per heavy atom. The fourth-order valence-electron chi connectivity index (χ4n) is 2.48. The number of fused-ring (bicyclic) bond motifs is 1. The highest BCUT2D eigenvalue weighted by molar-refractivity contribution is 6.05. The van der Waals surface area contributed by atoms with Crippen LogP contribution in [-0.2, 0) is 0 Å². The molecule has 23 heavy (non-hydrogen) atoms. The van der Waals surface area contributed by atoms with E-state index in [0.29, 0.717) is 29.4 Å². The Kier molecular flexibility index (Phi) is 4.28. The second kappa shape index (κ2) is 6.52. The molecule has 1 aromatic carbocycles. The molecular weight excluding hydrogens is 290 g/mol. The number of benzene rings is 1. The van der Waals surface area contributed by atoms with Crippen molar-refractivity contribution in [2.45, 2.75) is 20.3 Å². The first-order valence-electron chi connectivity index (χ1n) is 7.67. The van der Waals surface area contributed by atoms with Crippen LogP contribution in [0.15, 0.2) is 48.7 Å². The maximum Gasteiger partial charge on any atom is 0.274 e. The van der Waals surface area contributed by atoms with Gasteiger partial charge in [0.2, 0.25) is 0 Å². The summed E-state index contributed by atoms with van der Waals surface area (Å²) in [6.07, 6.45) is 2.75. The molecule has 0 saturated heterocycles. The second-order valence-corrected chi connectivity index (χ2v) is 5.27. The highest BCUT2D eigenvalue weighted by atomic mass is 16.5. The van der Waals surface area contributed by atoms with Gasteiger partial charge in [0.25, 0.3) is 5.91 Å². The molecule has 0 spiro atoms. The number of aromatic nitrogens is 2. The van der Waals surface area contributed by atoms with Crippen molar-refractivity contribution in [3.63, 3.8) is 0 Å². The maximum atomic E-state index is 12.7. The number of nitrogens with zero attached hydrogens (tertiary/aromatic N) is 2. The van der Waals surface area contributed by atoms with Gasteiger partial charge >= 0.3 is 0 Å². The number of para-hydroxylation sites is 2. The fourth-order valence-corrected chi connectivity index (χ4v) is 2.48. The minimum absolute atomic E-state index is 0.200. The highest BCUT2D eigenvalue weighted by Gasteiger charge is 2.17. The number of amides is 1. The van der Waals surface area contributed by atoms with Crippen LogP contribution in [-0.4, -0.2) is 21.9 Å². The molecule has 5 nitrogen and oxygen atoms in total. The molecule has 3 aromatic rings. The van der Waals surface area contributed by atoms with Crippen molar-refractivity contribution >= 4 is 17.2 Å². The van der Waals surface area contributed by atoms with Gasteiger partial charge in [-0.25, -0.2) is 4.98 Å². The Balaban J connectivity index is 1.91. The van der Waals surface area contributed by atoms with E-state index in [0.717, 1.165) is 12.1 Å². The van der Waals surface area contributed by atoms with E-state index in [9.17, 15) is 4.79 Å². The van der Waals surface area contributed by atoms with Gasteiger partial charge < -0.3 is 10.1 Å². The van der Waals surface area contributed by atoms with Crippen molar-refractivity contribution in [2.75, 3.05) is 11.9 Å². The van der Waals surface area contributed by atoms with Gasteiger partial charge in [0.05, 0.1) is 18.0 Å². The van der Waals surface area contributed by atoms with Crippen LogP contribution < -0.4 is 10.1 Å². The largest absolute Gasteiger partial charge is 0.491 e. The maximum absolute atomic E-state index is 12.7. The van der Waals surface area contributed by atoms with E-state index in [1.165, 1.54) is 0 Å². The summed E-state index contributed by atoms with van der Waals surface area (Å²) in [6, 6.07) is 13.1. The summed E-state index contributed by atoms with van der Waals surface area (Å²) in [4.78, 5) is 17.1. The number of aryl methyl sites for hydroxylation is 1. The van der Waals surface area contributed by atoms with Crippen LogP contribution in [0.5, 0.6) is 5.75 Å². The van der Waals surface area contributed by atoms with Crippen molar-refractivity contribution in [2.24, 2.45) is 0 Å². The smallest absolute Gasteiger partial charge is 0.274 e. The monoisotopic (exact) mass is 309 g/mol. The number of carbonyl (C=O) groups is 1. The molecule has 0 radical (unpaired) electrons. The van der Waals surface area contributed by atoms with Gasteiger partial charge in [-0.15, -0.1) is 0 Å². The Morgan fingerprint density at radius 2 is 2.00 bits per heavy atom. The Morgan fingerprint density at radius 3 is 2.83 bits per heavy atom. The molecule has 0 saturated carbocycles. The predicted molar refractivity (Wildman–Crippen MR) is 90.1 cm³/mol. The van der Waals surface area contributed by atoms with Crippen LogP contribution in [0.3, 0.4) is 0 Å². The average molecular weight is 309 g/mol. The lowest BCUT2D eigenvalue weighted by Gasteiger charge is -2.12. The lowest BCUT2D eigenvalue weighted by atomic mass is 10.2. The van der Waals surface area contributed by atoms with E-state index in [1.54, 1.807) is 4.40 Å². The SMILES string of the molecule is CCCOc1ccccc1NC(=O)c1c(C)nc2ccccn12. The summed E-state index contributed by atoms with van der Waals surface area (Å²) in [5, 5.41) is 2.93. The fraction of sp³-hybridized carbons (Fsp3) is 0.222. The van der Waals surface area contributed by atoms with Crippen molar-refractivity contribution in [1.82, 2.24) is 9.38 Å². The number of ether oxygens (including phenoxy) is 1. The van der Waals surface area contributed by atoms with Gasteiger partial charge in [0, 0.05) is 6.20 Å². The molecule has 5 heteroatoms. The van der Waals surface area contributed by atoms with Gasteiger partial charge in [-0.1, -0.05) is 25.1 Å². The molecule has 118 valence electrons. The number of pyridine rings is 1. The first-order chi connectivity index (χ1) is 11.2. The zero-order valence-corrected chi connectivity index (χ0v) is 13.2. The molecule has 0 aliphatic rings. The second-order valence-electron chi connectivity index (χ2n) is 5.27. The topological polar surface area (TPSA) is 55.6 Å². The molecule has 3 rings (SSSR count). The molecule has 0 atom stereocenters. The molecule has 1 amide bonds. The molecule has 0 unspecified atom stereocenters. The summed E-state index contributed by atoms with van der Waals surface area (Å²) >= 11 is 0. The highest BCUT2D eigenvalue weighted by Crippen LogP contribution is 2.25. The average Bonchev–Trinajstić information content (AvgIpc) is 2.89. The first kappa shape index (κ1) is 15.1. The molecule has 0 aliphatic heterocycles. The number of rotatable bonds is 5. The number of hydrogen-bond acceptors (Lipinski definition) is 3. The van der Waals surface area contributed by atoms with Gasteiger partial charge in [0.15, 0.2) is 0 Å². The number of carbonyl (C=O) groups excluding carboxylic acids is 1.